The summed E-state index contributed by atoms with van der Waals surface area (Å²) in [6, 6.07) is 3.25. The van der Waals surface area contributed by atoms with Crippen molar-refractivity contribution in [2.45, 2.75) is 105 Å². The molecule has 12 heteroatoms. The normalized spacial score (nSPS) is 13.5. The topological polar surface area (TPSA) is 159 Å². The van der Waals surface area contributed by atoms with Crippen LogP contribution in [0.25, 0.3) is 0 Å². The van der Waals surface area contributed by atoms with Gasteiger partial charge in [0.15, 0.2) is 11.5 Å². The fraction of sp³-hybridized carbons (Fsp3) is 0.667. The Kier molecular flexibility index (Phi) is 15.1. The van der Waals surface area contributed by atoms with Crippen LogP contribution in [0.1, 0.15) is 80.7 Å². The first-order valence-corrected chi connectivity index (χ1v) is 14.1. The second-order valence-electron chi connectivity index (χ2n) is 11.8. The maximum atomic E-state index is 12.7. The highest BCUT2D eigenvalue weighted by Crippen LogP contribution is 2.30. The summed E-state index contributed by atoms with van der Waals surface area (Å²) < 4.78 is 36.4. The molecule has 1 aromatic carbocycles. The molecule has 0 saturated heterocycles. The van der Waals surface area contributed by atoms with E-state index >= 15 is 0 Å². The van der Waals surface area contributed by atoms with Crippen LogP contribution in [0.3, 0.4) is 0 Å². The average molecular weight is 598 g/mol. The van der Waals surface area contributed by atoms with Crippen LogP contribution in [-0.2, 0) is 34.9 Å². The van der Waals surface area contributed by atoms with Crippen LogP contribution in [0.15, 0.2) is 18.2 Å². The first-order chi connectivity index (χ1) is 19.5. The van der Waals surface area contributed by atoms with E-state index in [4.69, 9.17) is 38.9 Å². The van der Waals surface area contributed by atoms with Crippen LogP contribution in [0.4, 0.5) is 14.4 Å². The van der Waals surface area contributed by atoms with E-state index in [0.29, 0.717) is 30.2 Å². The lowest BCUT2D eigenvalue weighted by atomic mass is 10.1. The Bertz CT molecular complexity index is 1030. The maximum Gasteiger partial charge on any atom is 0.513 e. The average Bonchev–Trinajstić information content (AvgIpc) is 2.83. The number of carbonyl (C=O) groups is 4. The highest BCUT2D eigenvalue weighted by Gasteiger charge is 2.27. The van der Waals surface area contributed by atoms with E-state index in [1.807, 2.05) is 27.7 Å². The van der Waals surface area contributed by atoms with Crippen LogP contribution >= 0.6 is 0 Å². The molecule has 0 bridgehead atoms. The van der Waals surface area contributed by atoms with Gasteiger partial charge in [-0.3, -0.25) is 4.79 Å². The predicted octanol–water partition coefficient (Wildman–Crippen LogP) is 5.95. The summed E-state index contributed by atoms with van der Waals surface area (Å²) in [4.78, 5) is 49.1. The number of hydrogen-bond donors (Lipinski definition) is 1. The summed E-state index contributed by atoms with van der Waals surface area (Å²) in [6.07, 6.45) is -3.16. The number of nitrogens with two attached hydrogens (primary N) is 1. The molecule has 1 rings (SSSR count). The molecule has 0 spiro atoms. The minimum Gasteiger partial charge on any atom is -0.458 e. The van der Waals surface area contributed by atoms with Gasteiger partial charge in [-0.15, -0.1) is 0 Å². The Morgan fingerprint density at radius 2 is 1.24 bits per heavy atom. The number of benzene rings is 1. The monoisotopic (exact) mass is 597 g/mol. The minimum atomic E-state index is -1.11. The number of esters is 1. The second kappa shape index (κ2) is 17.4. The van der Waals surface area contributed by atoms with Crippen molar-refractivity contribution < 1.29 is 52.3 Å². The molecule has 3 atom stereocenters. The van der Waals surface area contributed by atoms with Crippen LogP contribution in [-0.4, -0.2) is 61.5 Å². The molecule has 0 amide bonds. The van der Waals surface area contributed by atoms with E-state index in [0.717, 1.165) is 0 Å². The van der Waals surface area contributed by atoms with Crippen molar-refractivity contribution in [3.05, 3.63) is 23.8 Å². The van der Waals surface area contributed by atoms with Crippen LogP contribution in [0.2, 0.25) is 0 Å². The van der Waals surface area contributed by atoms with Gasteiger partial charge in [0.25, 0.3) is 0 Å². The molecule has 0 aliphatic rings. The van der Waals surface area contributed by atoms with Gasteiger partial charge in [-0.25, -0.2) is 14.4 Å². The molecule has 12 nitrogen and oxygen atoms in total. The zero-order valence-corrected chi connectivity index (χ0v) is 26.2. The van der Waals surface area contributed by atoms with Crippen molar-refractivity contribution in [1.29, 1.82) is 0 Å². The van der Waals surface area contributed by atoms with Crippen molar-refractivity contribution in [3.8, 4) is 11.5 Å². The van der Waals surface area contributed by atoms with Gasteiger partial charge in [-0.2, -0.15) is 0 Å². The first kappa shape index (κ1) is 36.5. The molecule has 42 heavy (non-hydrogen) atoms. The first-order valence-electron chi connectivity index (χ1n) is 14.1. The third-order valence-electron chi connectivity index (χ3n) is 5.62. The van der Waals surface area contributed by atoms with Gasteiger partial charge in [0, 0.05) is 0 Å². The number of hydrogen-bond acceptors (Lipinski definition) is 12. The van der Waals surface area contributed by atoms with Gasteiger partial charge in [-0.1, -0.05) is 33.8 Å². The quantitative estimate of drug-likeness (QED) is 0.153. The number of rotatable bonds is 14. The molecule has 1 aromatic rings. The van der Waals surface area contributed by atoms with Crippen molar-refractivity contribution in [2.24, 2.45) is 17.6 Å². The molecule has 2 N–H and O–H groups in total. The smallest absolute Gasteiger partial charge is 0.458 e. The third kappa shape index (κ3) is 15.5. The lowest BCUT2D eigenvalue weighted by molar-refractivity contribution is -0.156. The minimum absolute atomic E-state index is 0.00920. The standard InChI is InChI=1S/C30H47NO11/c1-18(2)12-14-36-27(33)40-24-11-10-22(17-25(24)41-28(34)37-15-13-19(3)4)16-23(31)26(32)38-20(5)21(6)39-29(35)42-30(7,8)9/h10-11,17-21,23H,12-16,31H2,1-9H3/t20-,21?,23-/m0/s1. The molecule has 1 unspecified atom stereocenters. The van der Waals surface area contributed by atoms with Gasteiger partial charge >= 0.3 is 24.4 Å². The molecule has 0 fully saturated rings. The number of carbonyl (C=O) groups excluding carboxylic acids is 4. The highest BCUT2D eigenvalue weighted by atomic mass is 16.8. The Balaban J connectivity index is 2.91. The molecule has 0 aliphatic carbocycles. The van der Waals surface area contributed by atoms with Gasteiger partial charge in [0.2, 0.25) is 0 Å². The van der Waals surface area contributed by atoms with E-state index in [1.165, 1.54) is 12.1 Å². The Hall–Kier alpha value is -3.54. The largest absolute Gasteiger partial charge is 0.513 e. The third-order valence-corrected chi connectivity index (χ3v) is 5.62. The zero-order valence-electron chi connectivity index (χ0n) is 26.2. The van der Waals surface area contributed by atoms with Crippen molar-refractivity contribution in [3.63, 3.8) is 0 Å². The summed E-state index contributed by atoms with van der Waals surface area (Å²) in [7, 11) is 0. The molecule has 238 valence electrons. The number of ether oxygens (including phenoxy) is 7. The fourth-order valence-electron chi connectivity index (χ4n) is 3.06. The summed E-state index contributed by atoms with van der Waals surface area (Å²) in [5.74, 6) is -0.289. The molecular formula is C30H47NO11. The summed E-state index contributed by atoms with van der Waals surface area (Å²) in [5, 5.41) is 0. The lowest BCUT2D eigenvalue weighted by Gasteiger charge is -2.24. The van der Waals surface area contributed by atoms with Crippen molar-refractivity contribution >= 4 is 24.4 Å². The Morgan fingerprint density at radius 1 is 0.738 bits per heavy atom. The SMILES string of the molecule is CC(C)CCOC(=O)Oc1ccc(C[C@H](N)C(=O)O[C@@H](C)C(C)OC(=O)OC(C)(C)C)cc1OC(=O)OCCC(C)C. The molecule has 0 heterocycles. The van der Waals surface area contributed by atoms with Crippen LogP contribution in [0, 0.1) is 11.8 Å². The van der Waals surface area contributed by atoms with Crippen LogP contribution < -0.4 is 15.2 Å². The van der Waals surface area contributed by atoms with E-state index in [-0.39, 0.29) is 31.1 Å². The highest BCUT2D eigenvalue weighted by molar-refractivity contribution is 5.76. The van der Waals surface area contributed by atoms with Gasteiger partial charge in [0.05, 0.1) is 13.2 Å². The molecule has 0 aromatic heterocycles. The molecular weight excluding hydrogens is 550 g/mol. The fourth-order valence-corrected chi connectivity index (χ4v) is 3.06. The molecule has 0 aliphatic heterocycles. The lowest BCUT2D eigenvalue weighted by Crippen LogP contribution is -2.40. The maximum absolute atomic E-state index is 12.7. The van der Waals surface area contributed by atoms with Crippen molar-refractivity contribution in [2.75, 3.05) is 13.2 Å². The predicted molar refractivity (Wildman–Crippen MR) is 153 cm³/mol. The summed E-state index contributed by atoms with van der Waals surface area (Å²) in [5.41, 5.74) is 5.83. The van der Waals surface area contributed by atoms with E-state index in [2.05, 4.69) is 0 Å². The summed E-state index contributed by atoms with van der Waals surface area (Å²) >= 11 is 0. The summed E-state index contributed by atoms with van der Waals surface area (Å²) in [6.45, 7) is 16.5. The van der Waals surface area contributed by atoms with Gasteiger partial charge < -0.3 is 38.9 Å². The Labute approximate surface area is 248 Å². The van der Waals surface area contributed by atoms with E-state index in [9.17, 15) is 19.2 Å². The molecule has 0 saturated carbocycles. The zero-order chi connectivity index (χ0) is 32.0. The van der Waals surface area contributed by atoms with E-state index < -0.39 is 48.3 Å². The Morgan fingerprint density at radius 3 is 1.74 bits per heavy atom. The van der Waals surface area contributed by atoms with Crippen molar-refractivity contribution in [1.82, 2.24) is 0 Å². The second-order valence-corrected chi connectivity index (χ2v) is 11.8. The molecule has 0 radical (unpaired) electrons. The van der Waals surface area contributed by atoms with Crippen LogP contribution in [0.5, 0.6) is 11.5 Å². The van der Waals surface area contributed by atoms with Gasteiger partial charge in [-0.05, 0) is 83.4 Å². The van der Waals surface area contributed by atoms with E-state index in [1.54, 1.807) is 40.7 Å². The van der Waals surface area contributed by atoms with Gasteiger partial charge in [0.1, 0.15) is 23.9 Å².